The zero-order valence-electron chi connectivity index (χ0n) is 28.4. The Hall–Kier alpha value is -3.30. The maximum Gasteiger partial charge on any atom is 0.123 e. The third-order valence-corrected chi connectivity index (χ3v) is 9.46. The summed E-state index contributed by atoms with van der Waals surface area (Å²) < 4.78 is 16.1. The second-order valence-corrected chi connectivity index (χ2v) is 13.7. The van der Waals surface area contributed by atoms with Crippen molar-refractivity contribution in [2.24, 2.45) is 4.99 Å². The van der Waals surface area contributed by atoms with Crippen molar-refractivity contribution in [3.63, 3.8) is 0 Å². The van der Waals surface area contributed by atoms with Crippen LogP contribution in [-0.2, 0) is 0 Å². The maximum atomic E-state index is 13.8. The summed E-state index contributed by atoms with van der Waals surface area (Å²) in [5.74, 6) is 0.770. The van der Waals surface area contributed by atoms with Crippen molar-refractivity contribution in [2.45, 2.75) is 90.8 Å². The summed E-state index contributed by atoms with van der Waals surface area (Å²) in [7, 11) is 0. The number of benzene rings is 2. The molecule has 0 amide bonds. The molecule has 0 bridgehead atoms. The highest BCUT2D eigenvalue weighted by Crippen LogP contribution is 2.38. The van der Waals surface area contributed by atoms with Gasteiger partial charge in [0.2, 0.25) is 0 Å². The van der Waals surface area contributed by atoms with Crippen molar-refractivity contribution >= 4 is 22.8 Å². The number of fused-ring (bicyclic) bond motifs is 1. The van der Waals surface area contributed by atoms with E-state index in [-0.39, 0.29) is 24.3 Å². The van der Waals surface area contributed by atoms with Crippen LogP contribution in [0, 0.1) is 5.82 Å². The molecule has 2 aliphatic heterocycles. The van der Waals surface area contributed by atoms with Crippen LogP contribution in [0.15, 0.2) is 71.9 Å². The fraction of sp³-hybridized carbons (Fsp3) is 0.500. The summed E-state index contributed by atoms with van der Waals surface area (Å²) in [5.41, 5.74) is 4.77. The molecule has 0 aliphatic carbocycles. The molecule has 3 heterocycles. The highest BCUT2D eigenvalue weighted by atomic mass is 19.1. The van der Waals surface area contributed by atoms with Crippen LogP contribution in [0.5, 0.6) is 0 Å². The molecule has 248 valence electrons. The van der Waals surface area contributed by atoms with Gasteiger partial charge in [0.15, 0.2) is 0 Å². The lowest BCUT2D eigenvalue weighted by Crippen LogP contribution is -2.61. The van der Waals surface area contributed by atoms with Crippen molar-refractivity contribution in [2.75, 3.05) is 32.7 Å². The van der Waals surface area contributed by atoms with Crippen LogP contribution < -0.4 is 0 Å². The monoisotopic (exact) mass is 629 g/mol. The third-order valence-electron chi connectivity index (χ3n) is 9.46. The number of aliphatic hydroxyl groups is 2. The largest absolute Gasteiger partial charge is 0.393 e. The average molecular weight is 630 g/mol. The molecule has 8 heteroatoms. The second-order valence-electron chi connectivity index (χ2n) is 13.7. The maximum absolute atomic E-state index is 13.8. The fourth-order valence-corrected chi connectivity index (χ4v) is 7.15. The molecule has 1 unspecified atom stereocenters. The minimum absolute atomic E-state index is 0.157. The number of nitrogens with zero attached hydrogens (tertiary/aromatic N) is 5. The molecule has 1 aromatic heterocycles. The minimum Gasteiger partial charge on any atom is -0.393 e. The predicted molar refractivity (Wildman–Crippen MR) is 188 cm³/mol. The van der Waals surface area contributed by atoms with Crippen molar-refractivity contribution < 1.29 is 14.6 Å². The van der Waals surface area contributed by atoms with Gasteiger partial charge in [0.05, 0.1) is 24.8 Å². The third kappa shape index (κ3) is 7.31. The van der Waals surface area contributed by atoms with E-state index < -0.39 is 12.2 Å². The molecule has 2 aliphatic rings. The molecule has 0 radical (unpaired) electrons. The van der Waals surface area contributed by atoms with Gasteiger partial charge in [-0.05, 0) is 71.4 Å². The normalized spacial score (nSPS) is 19.7. The van der Waals surface area contributed by atoms with E-state index in [1.807, 2.05) is 18.2 Å². The first-order chi connectivity index (χ1) is 22.0. The first kappa shape index (κ1) is 34.0. The molecule has 46 heavy (non-hydrogen) atoms. The van der Waals surface area contributed by atoms with E-state index in [0.29, 0.717) is 18.5 Å². The van der Waals surface area contributed by atoms with E-state index >= 15 is 0 Å². The lowest BCUT2D eigenvalue weighted by atomic mass is 10.0. The van der Waals surface area contributed by atoms with Gasteiger partial charge in [-0.25, -0.2) is 4.39 Å². The van der Waals surface area contributed by atoms with Crippen LogP contribution in [0.3, 0.4) is 0 Å². The fourth-order valence-electron chi connectivity index (χ4n) is 7.15. The van der Waals surface area contributed by atoms with Gasteiger partial charge < -0.3 is 19.7 Å². The second kappa shape index (κ2) is 14.6. The quantitative estimate of drug-likeness (QED) is 0.237. The van der Waals surface area contributed by atoms with E-state index in [1.54, 1.807) is 18.2 Å². The summed E-state index contributed by atoms with van der Waals surface area (Å²) in [4.78, 5) is 12.2. The molecular weight excluding hydrogens is 577 g/mol. The van der Waals surface area contributed by atoms with E-state index in [1.165, 1.54) is 12.1 Å². The Labute approximate surface area is 274 Å². The van der Waals surface area contributed by atoms with Gasteiger partial charge in [-0.3, -0.25) is 14.8 Å². The van der Waals surface area contributed by atoms with Gasteiger partial charge in [0, 0.05) is 85.0 Å². The van der Waals surface area contributed by atoms with E-state index in [9.17, 15) is 14.6 Å². The van der Waals surface area contributed by atoms with Crippen LogP contribution in [0.25, 0.3) is 28.1 Å². The minimum atomic E-state index is -0.858. The molecule has 0 saturated carbocycles. The SMILES string of the molecule is C=C(C[C@@H](O)C[C@@H](O)/C=C/c1c(-c2ccc(F)cc2)c2ccccc2n1C(C)C)N1CCN=C1C1CN(C(C)C)CCN1C(C)C. The van der Waals surface area contributed by atoms with Crippen molar-refractivity contribution in [1.82, 2.24) is 19.3 Å². The van der Waals surface area contributed by atoms with Gasteiger partial charge in [-0.15, -0.1) is 0 Å². The van der Waals surface area contributed by atoms with Crippen molar-refractivity contribution in [1.29, 1.82) is 0 Å². The number of amidine groups is 1. The van der Waals surface area contributed by atoms with Gasteiger partial charge in [0.1, 0.15) is 11.7 Å². The molecule has 2 N–H and O–H groups in total. The highest BCUT2D eigenvalue weighted by molar-refractivity contribution is 6.01. The predicted octanol–water partition coefficient (Wildman–Crippen LogP) is 6.57. The van der Waals surface area contributed by atoms with Gasteiger partial charge in [-0.1, -0.05) is 43.0 Å². The Morgan fingerprint density at radius 3 is 2.35 bits per heavy atom. The number of aliphatic imine (C=N–C) groups is 1. The van der Waals surface area contributed by atoms with Gasteiger partial charge in [-0.2, -0.15) is 0 Å². The van der Waals surface area contributed by atoms with Crippen LogP contribution in [0.2, 0.25) is 0 Å². The molecule has 1 fully saturated rings. The van der Waals surface area contributed by atoms with Crippen molar-refractivity contribution in [3.05, 3.63) is 78.4 Å². The molecule has 7 nitrogen and oxygen atoms in total. The van der Waals surface area contributed by atoms with E-state index in [0.717, 1.165) is 72.0 Å². The number of aromatic nitrogens is 1. The summed E-state index contributed by atoms with van der Waals surface area (Å²) in [6, 6.07) is 16.0. The van der Waals surface area contributed by atoms with Crippen LogP contribution in [0.4, 0.5) is 4.39 Å². The number of para-hydroxylation sites is 1. The topological polar surface area (TPSA) is 67.5 Å². The van der Waals surface area contributed by atoms with Gasteiger partial charge in [0.25, 0.3) is 0 Å². The summed E-state index contributed by atoms with van der Waals surface area (Å²) in [6.07, 6.45) is 2.63. The Bertz CT molecular complexity index is 1560. The smallest absolute Gasteiger partial charge is 0.123 e. The molecule has 0 spiro atoms. The lowest BCUT2D eigenvalue weighted by Gasteiger charge is -2.46. The number of rotatable bonds is 12. The Kier molecular flexibility index (Phi) is 10.8. The average Bonchev–Trinajstić information content (AvgIpc) is 3.63. The Morgan fingerprint density at radius 1 is 0.957 bits per heavy atom. The number of hydrogen-bond donors (Lipinski definition) is 2. The Morgan fingerprint density at radius 2 is 1.67 bits per heavy atom. The van der Waals surface area contributed by atoms with Gasteiger partial charge >= 0.3 is 0 Å². The lowest BCUT2D eigenvalue weighted by molar-refractivity contribution is 0.0606. The zero-order valence-corrected chi connectivity index (χ0v) is 28.4. The molecule has 1 saturated heterocycles. The first-order valence-corrected chi connectivity index (χ1v) is 16.9. The first-order valence-electron chi connectivity index (χ1n) is 16.9. The van der Waals surface area contributed by atoms with E-state index in [4.69, 9.17) is 4.99 Å². The molecule has 5 rings (SSSR count). The summed E-state index contributed by atoms with van der Waals surface area (Å²) in [5, 5.41) is 23.3. The molecule has 3 atom stereocenters. The summed E-state index contributed by atoms with van der Waals surface area (Å²) >= 11 is 0. The summed E-state index contributed by atoms with van der Waals surface area (Å²) in [6.45, 7) is 22.1. The Balaban J connectivity index is 1.30. The molecule has 2 aromatic carbocycles. The van der Waals surface area contributed by atoms with Crippen molar-refractivity contribution in [3.8, 4) is 11.1 Å². The van der Waals surface area contributed by atoms with E-state index in [2.05, 4.69) is 79.5 Å². The highest BCUT2D eigenvalue weighted by Gasteiger charge is 2.37. The van der Waals surface area contributed by atoms with Crippen LogP contribution in [-0.4, -0.2) is 98.4 Å². The molecule has 3 aromatic rings. The zero-order chi connectivity index (χ0) is 33.1. The number of halogens is 1. The molecular formula is C38H52FN5O2. The van der Waals surface area contributed by atoms with Crippen LogP contribution >= 0.6 is 0 Å². The number of piperazine rings is 1. The number of hydrogen-bond acceptors (Lipinski definition) is 6. The standard InChI is InChI=1S/C38H52FN5O2/c1-25(2)41-20-21-42(26(3)4)36(24-41)38-40-18-19-43(38)28(7)22-32(46)23-31(45)16-17-35-37(29-12-14-30(39)15-13-29)33-10-8-9-11-34(33)44(35)27(5)6/h8-17,25-27,31-32,36,45-46H,7,18-24H2,1-6H3/b17-16+/t31-,32+,36?/m0/s1. The number of aliphatic hydroxyl groups excluding tert-OH is 2. The van der Waals surface area contributed by atoms with Crippen LogP contribution in [0.1, 0.15) is 66.1 Å².